The molecule has 0 atom stereocenters. The van der Waals surface area contributed by atoms with Crippen molar-refractivity contribution in [1.29, 1.82) is 0 Å². The van der Waals surface area contributed by atoms with E-state index in [1.807, 2.05) is 52.2 Å². The summed E-state index contributed by atoms with van der Waals surface area (Å²) in [5.41, 5.74) is 7.02. The monoisotopic (exact) mass is 249 g/mol. The van der Waals surface area contributed by atoms with Crippen molar-refractivity contribution in [3.63, 3.8) is 0 Å². The molecule has 1 aromatic carbocycles. The molecule has 0 fully saturated rings. The van der Waals surface area contributed by atoms with Crippen molar-refractivity contribution < 1.29 is 4.79 Å². The third kappa shape index (κ3) is 3.82. The van der Waals surface area contributed by atoms with Gasteiger partial charge in [0.1, 0.15) is 0 Å². The molecule has 1 aromatic rings. The van der Waals surface area contributed by atoms with Gasteiger partial charge >= 0.3 is 0 Å². The van der Waals surface area contributed by atoms with Crippen molar-refractivity contribution in [3.05, 3.63) is 29.8 Å². The molecule has 0 aliphatic heterocycles. The highest BCUT2D eigenvalue weighted by molar-refractivity contribution is 5.95. The van der Waals surface area contributed by atoms with E-state index in [4.69, 9.17) is 5.73 Å². The number of carbonyl (C=O) groups is 1. The molecule has 0 saturated carbocycles. The molecule has 0 aliphatic rings. The van der Waals surface area contributed by atoms with Gasteiger partial charge in [0.15, 0.2) is 0 Å². The van der Waals surface area contributed by atoms with Crippen molar-refractivity contribution in [3.8, 4) is 0 Å². The lowest BCUT2D eigenvalue weighted by atomic mass is 9.92. The second-order valence-corrected chi connectivity index (χ2v) is 5.44. The Kier molecular flexibility index (Phi) is 4.87. The van der Waals surface area contributed by atoms with Gasteiger partial charge in [-0.05, 0) is 39.6 Å². The number of amides is 1. The molecule has 0 bridgehead atoms. The number of carbonyl (C=O) groups excluding carboxylic acids is 1. The second-order valence-electron chi connectivity index (χ2n) is 5.44. The van der Waals surface area contributed by atoms with E-state index >= 15 is 0 Å². The molecule has 4 heteroatoms. The first-order valence-corrected chi connectivity index (χ1v) is 6.11. The molecule has 100 valence electrons. The Balaban J connectivity index is 2.87. The Morgan fingerprint density at radius 1 is 1.33 bits per heavy atom. The lowest BCUT2D eigenvalue weighted by Crippen LogP contribution is -2.37. The Hall–Kier alpha value is -1.39. The summed E-state index contributed by atoms with van der Waals surface area (Å²) in [6.07, 6.45) is 0. The maximum Gasteiger partial charge on any atom is 0.231 e. The Morgan fingerprint density at radius 2 is 1.94 bits per heavy atom. The lowest BCUT2D eigenvalue weighted by molar-refractivity contribution is -0.123. The number of nitrogens with two attached hydrogens (primary N) is 1. The van der Waals surface area contributed by atoms with Crippen molar-refractivity contribution in [2.24, 2.45) is 11.1 Å². The minimum Gasteiger partial charge on any atom is -0.329 e. The van der Waals surface area contributed by atoms with Crippen LogP contribution in [0.1, 0.15) is 19.4 Å². The summed E-state index contributed by atoms with van der Waals surface area (Å²) in [6.45, 7) is 4.81. The minimum atomic E-state index is -0.550. The predicted octanol–water partition coefficient (Wildman–Crippen LogP) is 1.67. The highest BCUT2D eigenvalue weighted by Crippen LogP contribution is 2.20. The van der Waals surface area contributed by atoms with Gasteiger partial charge in [-0.1, -0.05) is 18.2 Å². The second kappa shape index (κ2) is 5.98. The van der Waals surface area contributed by atoms with Crippen molar-refractivity contribution >= 4 is 11.6 Å². The van der Waals surface area contributed by atoms with Gasteiger partial charge in [-0.15, -0.1) is 0 Å². The van der Waals surface area contributed by atoms with E-state index < -0.39 is 5.41 Å². The van der Waals surface area contributed by atoms with Crippen LogP contribution < -0.4 is 11.1 Å². The maximum absolute atomic E-state index is 12.1. The first kappa shape index (κ1) is 14.7. The molecule has 0 aliphatic carbocycles. The predicted molar refractivity (Wildman–Crippen MR) is 75.3 cm³/mol. The molecule has 1 rings (SSSR count). The molecule has 0 spiro atoms. The normalized spacial score (nSPS) is 11.7. The number of nitrogens with zero attached hydrogens (tertiary/aromatic N) is 1. The number of hydrogen-bond acceptors (Lipinski definition) is 3. The van der Waals surface area contributed by atoms with Crippen LogP contribution in [0.5, 0.6) is 0 Å². The Labute approximate surface area is 109 Å². The average Bonchev–Trinajstić information content (AvgIpc) is 2.31. The van der Waals surface area contributed by atoms with E-state index in [0.717, 1.165) is 17.8 Å². The van der Waals surface area contributed by atoms with Gasteiger partial charge in [0, 0.05) is 18.8 Å². The quantitative estimate of drug-likeness (QED) is 0.834. The van der Waals surface area contributed by atoms with Crippen LogP contribution in [-0.4, -0.2) is 31.4 Å². The molecule has 4 nitrogen and oxygen atoms in total. The van der Waals surface area contributed by atoms with Crippen molar-refractivity contribution in [2.75, 3.05) is 26.0 Å². The van der Waals surface area contributed by atoms with E-state index in [1.165, 1.54) is 0 Å². The van der Waals surface area contributed by atoms with Gasteiger partial charge in [0.2, 0.25) is 5.91 Å². The molecule has 0 unspecified atom stereocenters. The van der Waals surface area contributed by atoms with Gasteiger partial charge in [-0.25, -0.2) is 0 Å². The number of hydrogen-bond donors (Lipinski definition) is 2. The molecule has 0 saturated heterocycles. The molecule has 1 amide bonds. The van der Waals surface area contributed by atoms with E-state index in [1.54, 1.807) is 0 Å². The fraction of sp³-hybridized carbons (Fsp3) is 0.500. The molecule has 0 aromatic heterocycles. The largest absolute Gasteiger partial charge is 0.329 e. The molecule has 3 N–H and O–H groups in total. The SMILES string of the molecule is CN(C)Cc1ccccc1NC(=O)C(C)(C)CN. The van der Waals surface area contributed by atoms with E-state index in [0.29, 0.717) is 6.54 Å². The first-order chi connectivity index (χ1) is 8.36. The van der Waals surface area contributed by atoms with E-state index in [9.17, 15) is 4.79 Å². The molecule has 18 heavy (non-hydrogen) atoms. The number of benzene rings is 1. The topological polar surface area (TPSA) is 58.4 Å². The minimum absolute atomic E-state index is 0.0452. The first-order valence-electron chi connectivity index (χ1n) is 6.11. The highest BCUT2D eigenvalue weighted by Gasteiger charge is 2.26. The summed E-state index contributed by atoms with van der Waals surface area (Å²) in [7, 11) is 4.00. The van der Waals surface area contributed by atoms with Crippen LogP contribution in [0.25, 0.3) is 0 Å². The maximum atomic E-state index is 12.1. The number of nitrogens with one attached hydrogen (secondary N) is 1. The lowest BCUT2D eigenvalue weighted by Gasteiger charge is -2.23. The summed E-state index contributed by atoms with van der Waals surface area (Å²) >= 11 is 0. The summed E-state index contributed by atoms with van der Waals surface area (Å²) in [6, 6.07) is 7.83. The molecule has 0 radical (unpaired) electrons. The van der Waals surface area contributed by atoms with Crippen molar-refractivity contribution in [1.82, 2.24) is 4.90 Å². The fourth-order valence-corrected chi connectivity index (χ4v) is 1.51. The van der Waals surface area contributed by atoms with Crippen LogP contribution in [0.15, 0.2) is 24.3 Å². The van der Waals surface area contributed by atoms with Crippen LogP contribution in [0, 0.1) is 5.41 Å². The number of anilines is 1. The smallest absolute Gasteiger partial charge is 0.231 e. The molecular formula is C14H23N3O. The number of para-hydroxylation sites is 1. The fourth-order valence-electron chi connectivity index (χ4n) is 1.51. The molecule has 0 heterocycles. The highest BCUT2D eigenvalue weighted by atomic mass is 16.2. The average molecular weight is 249 g/mol. The van der Waals surface area contributed by atoms with Crippen LogP contribution in [0.3, 0.4) is 0 Å². The van der Waals surface area contributed by atoms with Gasteiger partial charge in [-0.3, -0.25) is 4.79 Å². The summed E-state index contributed by atoms with van der Waals surface area (Å²) < 4.78 is 0. The third-order valence-corrected chi connectivity index (χ3v) is 2.88. The van der Waals surface area contributed by atoms with Crippen molar-refractivity contribution in [2.45, 2.75) is 20.4 Å². The van der Waals surface area contributed by atoms with Gasteiger partial charge in [-0.2, -0.15) is 0 Å². The zero-order chi connectivity index (χ0) is 13.8. The van der Waals surface area contributed by atoms with E-state index in [-0.39, 0.29) is 5.91 Å². The van der Waals surface area contributed by atoms with Crippen LogP contribution >= 0.6 is 0 Å². The summed E-state index contributed by atoms with van der Waals surface area (Å²) in [5, 5.41) is 2.96. The summed E-state index contributed by atoms with van der Waals surface area (Å²) in [5.74, 6) is -0.0452. The van der Waals surface area contributed by atoms with Crippen LogP contribution in [-0.2, 0) is 11.3 Å². The zero-order valence-electron chi connectivity index (χ0n) is 11.7. The Bertz CT molecular complexity index is 413. The van der Waals surface area contributed by atoms with Crippen LogP contribution in [0.2, 0.25) is 0 Å². The van der Waals surface area contributed by atoms with Crippen LogP contribution in [0.4, 0.5) is 5.69 Å². The zero-order valence-corrected chi connectivity index (χ0v) is 11.7. The molecular weight excluding hydrogens is 226 g/mol. The Morgan fingerprint density at radius 3 is 2.50 bits per heavy atom. The third-order valence-electron chi connectivity index (χ3n) is 2.88. The van der Waals surface area contributed by atoms with Gasteiger partial charge < -0.3 is 16.0 Å². The van der Waals surface area contributed by atoms with Gasteiger partial charge in [0.05, 0.1) is 5.41 Å². The standard InChI is InChI=1S/C14H23N3O/c1-14(2,10-15)13(18)16-12-8-6-5-7-11(12)9-17(3)4/h5-8H,9-10,15H2,1-4H3,(H,16,18). The van der Waals surface area contributed by atoms with E-state index in [2.05, 4.69) is 10.2 Å². The van der Waals surface area contributed by atoms with Gasteiger partial charge in [0.25, 0.3) is 0 Å². The summed E-state index contributed by atoms with van der Waals surface area (Å²) in [4.78, 5) is 14.2. The number of rotatable bonds is 5.